The Labute approximate surface area is 132 Å². The van der Waals surface area contributed by atoms with E-state index in [1.54, 1.807) is 0 Å². The van der Waals surface area contributed by atoms with Crippen LogP contribution in [0.4, 0.5) is 0 Å². The Hall–Kier alpha value is -0.590. The molecule has 3 nitrogen and oxygen atoms in total. The van der Waals surface area contributed by atoms with E-state index in [2.05, 4.69) is 53.8 Å². The zero-order chi connectivity index (χ0) is 14.0. The molecule has 0 saturated heterocycles. The molecule has 0 unspecified atom stereocenters. The lowest BCUT2D eigenvalue weighted by Gasteiger charge is -2.21. The molecule has 2 rings (SSSR count). The van der Waals surface area contributed by atoms with Crippen LogP contribution < -0.4 is 5.32 Å². The van der Waals surface area contributed by atoms with Crippen molar-refractivity contribution in [3.8, 4) is 5.69 Å². The first-order valence-electron chi connectivity index (χ1n) is 6.09. The standard InChI is InChI=1S/C14H17ClIN3/c1-14(2,3)17-7-10-4-5-11(15)6-13(10)19-9-12(16)8-18-19/h4-6,8-9,17H,7H2,1-3H3. The molecule has 102 valence electrons. The number of hydrogen-bond acceptors (Lipinski definition) is 2. The van der Waals surface area contributed by atoms with Crippen LogP contribution in [0.25, 0.3) is 5.69 Å². The number of halogens is 2. The summed E-state index contributed by atoms with van der Waals surface area (Å²) in [5.74, 6) is 0. The third-order valence-corrected chi connectivity index (χ3v) is 3.45. The highest BCUT2D eigenvalue weighted by atomic mass is 127. The fourth-order valence-corrected chi connectivity index (χ4v) is 2.25. The van der Waals surface area contributed by atoms with Crippen molar-refractivity contribution in [3.63, 3.8) is 0 Å². The number of benzene rings is 1. The van der Waals surface area contributed by atoms with Gasteiger partial charge in [-0.25, -0.2) is 4.68 Å². The van der Waals surface area contributed by atoms with Crippen LogP contribution in [0, 0.1) is 3.57 Å². The van der Waals surface area contributed by atoms with Crippen molar-refractivity contribution >= 4 is 34.2 Å². The first-order valence-corrected chi connectivity index (χ1v) is 7.55. The van der Waals surface area contributed by atoms with Crippen molar-refractivity contribution in [2.24, 2.45) is 0 Å². The zero-order valence-corrected chi connectivity index (χ0v) is 14.2. The molecular weight excluding hydrogens is 373 g/mol. The van der Waals surface area contributed by atoms with Crippen LogP contribution in [0.5, 0.6) is 0 Å². The monoisotopic (exact) mass is 389 g/mol. The number of nitrogens with zero attached hydrogens (tertiary/aromatic N) is 2. The number of aromatic nitrogens is 2. The molecule has 0 fully saturated rings. The van der Waals surface area contributed by atoms with Crippen LogP contribution in [0.15, 0.2) is 30.6 Å². The van der Waals surface area contributed by atoms with E-state index in [0.29, 0.717) is 0 Å². The van der Waals surface area contributed by atoms with Crippen LogP contribution in [-0.2, 0) is 6.54 Å². The molecule has 0 saturated carbocycles. The molecule has 0 amide bonds. The first-order chi connectivity index (χ1) is 8.85. The minimum atomic E-state index is 0.0788. The van der Waals surface area contributed by atoms with Gasteiger partial charge in [0.05, 0.1) is 15.5 Å². The predicted molar refractivity (Wildman–Crippen MR) is 87.9 cm³/mol. The molecule has 0 spiro atoms. The quantitative estimate of drug-likeness (QED) is 0.804. The molecule has 0 radical (unpaired) electrons. The summed E-state index contributed by atoms with van der Waals surface area (Å²) < 4.78 is 2.97. The largest absolute Gasteiger partial charge is 0.308 e. The molecule has 1 heterocycles. The molecule has 1 aromatic carbocycles. The van der Waals surface area contributed by atoms with Gasteiger partial charge in [0.2, 0.25) is 0 Å². The van der Waals surface area contributed by atoms with Crippen LogP contribution >= 0.6 is 34.2 Å². The second kappa shape index (κ2) is 5.81. The van der Waals surface area contributed by atoms with Gasteiger partial charge < -0.3 is 5.32 Å². The summed E-state index contributed by atoms with van der Waals surface area (Å²) in [5, 5.41) is 8.57. The van der Waals surface area contributed by atoms with E-state index < -0.39 is 0 Å². The minimum absolute atomic E-state index is 0.0788. The number of nitrogens with one attached hydrogen (secondary N) is 1. The van der Waals surface area contributed by atoms with Gasteiger partial charge in [-0.15, -0.1) is 0 Å². The average molecular weight is 390 g/mol. The van der Waals surface area contributed by atoms with Gasteiger partial charge in [-0.1, -0.05) is 17.7 Å². The van der Waals surface area contributed by atoms with E-state index in [1.165, 1.54) is 5.56 Å². The van der Waals surface area contributed by atoms with Gasteiger partial charge in [0.15, 0.2) is 0 Å². The zero-order valence-electron chi connectivity index (χ0n) is 11.2. The third kappa shape index (κ3) is 4.19. The molecule has 0 bridgehead atoms. The summed E-state index contributed by atoms with van der Waals surface area (Å²) in [4.78, 5) is 0. The lowest BCUT2D eigenvalue weighted by atomic mass is 10.1. The normalized spacial score (nSPS) is 11.8. The number of hydrogen-bond donors (Lipinski definition) is 1. The van der Waals surface area contributed by atoms with Crippen molar-refractivity contribution < 1.29 is 0 Å². The lowest BCUT2D eigenvalue weighted by Crippen LogP contribution is -2.35. The second-order valence-electron chi connectivity index (χ2n) is 5.48. The Kier molecular flexibility index (Phi) is 4.53. The summed E-state index contributed by atoms with van der Waals surface area (Å²) in [6.45, 7) is 7.24. The summed E-state index contributed by atoms with van der Waals surface area (Å²) in [6.07, 6.45) is 3.83. The van der Waals surface area contributed by atoms with Crippen molar-refractivity contribution in [2.45, 2.75) is 32.9 Å². The summed E-state index contributed by atoms with van der Waals surface area (Å²) in [6, 6.07) is 5.91. The van der Waals surface area contributed by atoms with Crippen molar-refractivity contribution in [1.29, 1.82) is 0 Å². The average Bonchev–Trinajstić information content (AvgIpc) is 2.73. The Bertz CT molecular complexity index is 572. The molecule has 1 N–H and O–H groups in total. The van der Waals surface area contributed by atoms with Crippen LogP contribution in [0.3, 0.4) is 0 Å². The fraction of sp³-hybridized carbons (Fsp3) is 0.357. The Balaban J connectivity index is 2.33. The maximum Gasteiger partial charge on any atom is 0.0705 e. The lowest BCUT2D eigenvalue weighted by molar-refractivity contribution is 0.424. The highest BCUT2D eigenvalue weighted by molar-refractivity contribution is 14.1. The Morgan fingerprint density at radius 2 is 2.11 bits per heavy atom. The molecule has 2 aromatic rings. The maximum atomic E-state index is 6.10. The van der Waals surface area contributed by atoms with Gasteiger partial charge in [0.25, 0.3) is 0 Å². The Morgan fingerprint density at radius 1 is 1.37 bits per heavy atom. The van der Waals surface area contributed by atoms with E-state index >= 15 is 0 Å². The molecule has 0 aliphatic rings. The molecule has 19 heavy (non-hydrogen) atoms. The predicted octanol–water partition coefficient (Wildman–Crippen LogP) is 4.02. The maximum absolute atomic E-state index is 6.10. The van der Waals surface area contributed by atoms with Crippen molar-refractivity contribution in [1.82, 2.24) is 15.1 Å². The molecule has 1 aromatic heterocycles. The smallest absolute Gasteiger partial charge is 0.0705 e. The summed E-state index contributed by atoms with van der Waals surface area (Å²) in [7, 11) is 0. The van der Waals surface area contributed by atoms with Gasteiger partial charge in [-0.2, -0.15) is 5.10 Å². The SMILES string of the molecule is CC(C)(C)NCc1ccc(Cl)cc1-n1cc(I)cn1. The van der Waals surface area contributed by atoms with E-state index in [1.807, 2.05) is 35.3 Å². The van der Waals surface area contributed by atoms with Crippen LogP contribution in [-0.4, -0.2) is 15.3 Å². The van der Waals surface area contributed by atoms with E-state index in [-0.39, 0.29) is 5.54 Å². The number of rotatable bonds is 3. The van der Waals surface area contributed by atoms with Gasteiger partial charge in [-0.05, 0) is 61.1 Å². The van der Waals surface area contributed by atoms with Gasteiger partial charge >= 0.3 is 0 Å². The molecule has 0 aliphatic heterocycles. The summed E-state index contributed by atoms with van der Waals surface area (Å²) >= 11 is 8.35. The van der Waals surface area contributed by atoms with E-state index in [9.17, 15) is 0 Å². The van der Waals surface area contributed by atoms with E-state index in [4.69, 9.17) is 11.6 Å². The van der Waals surface area contributed by atoms with Crippen LogP contribution in [0.1, 0.15) is 26.3 Å². The van der Waals surface area contributed by atoms with Gasteiger partial charge in [-0.3, -0.25) is 0 Å². The Morgan fingerprint density at radius 3 is 2.68 bits per heavy atom. The van der Waals surface area contributed by atoms with Gasteiger partial charge in [0.1, 0.15) is 0 Å². The summed E-state index contributed by atoms with van der Waals surface area (Å²) in [5.41, 5.74) is 2.28. The topological polar surface area (TPSA) is 29.9 Å². The van der Waals surface area contributed by atoms with Crippen LogP contribution in [0.2, 0.25) is 5.02 Å². The first kappa shape index (κ1) is 14.8. The molecule has 0 aliphatic carbocycles. The second-order valence-corrected chi connectivity index (χ2v) is 7.16. The molecular formula is C14H17ClIN3. The highest BCUT2D eigenvalue weighted by Crippen LogP contribution is 2.21. The fourth-order valence-electron chi connectivity index (χ4n) is 1.69. The minimum Gasteiger partial charge on any atom is -0.308 e. The molecule has 5 heteroatoms. The van der Waals surface area contributed by atoms with Gasteiger partial charge in [0, 0.05) is 23.3 Å². The molecule has 0 atom stereocenters. The third-order valence-electron chi connectivity index (χ3n) is 2.65. The highest BCUT2D eigenvalue weighted by Gasteiger charge is 2.12. The van der Waals surface area contributed by atoms with Crippen molar-refractivity contribution in [2.75, 3.05) is 0 Å². The van der Waals surface area contributed by atoms with E-state index in [0.717, 1.165) is 20.8 Å². The van der Waals surface area contributed by atoms with Crippen molar-refractivity contribution in [3.05, 3.63) is 44.7 Å².